The van der Waals surface area contributed by atoms with E-state index in [-0.39, 0.29) is 18.1 Å². The Kier molecular flexibility index (Phi) is 3.71. The molecule has 4 nitrogen and oxygen atoms in total. The second kappa shape index (κ2) is 4.05. The predicted octanol–water partition coefficient (Wildman–Crippen LogP) is 1.27. The summed E-state index contributed by atoms with van der Waals surface area (Å²) < 4.78 is 0. The number of carbonyl (C=O) groups is 1. The molecule has 0 aliphatic heterocycles. The molecule has 4 heteroatoms. The zero-order valence-electron chi connectivity index (χ0n) is 7.03. The third-order valence-corrected chi connectivity index (χ3v) is 1.54. The minimum Gasteiger partial charge on any atom is -0.292 e. The molecule has 1 unspecified atom stereocenters. The minimum absolute atomic E-state index is 0.245. The molecule has 0 saturated heterocycles. The van der Waals surface area contributed by atoms with Gasteiger partial charge in [0, 0.05) is 17.3 Å². The Morgan fingerprint density at radius 1 is 1.55 bits per heavy atom. The first-order chi connectivity index (χ1) is 5.00. The highest BCUT2D eigenvalue weighted by molar-refractivity contribution is 5.84. The maximum atomic E-state index is 11.1. The average molecular weight is 159 g/mol. The van der Waals surface area contributed by atoms with Crippen molar-refractivity contribution in [2.24, 2.45) is 5.92 Å². The maximum Gasteiger partial charge on any atom is 0.270 e. The SMILES string of the molecule is CCC(C(=O)C(C)C)[N+](=O)[O-]. The van der Waals surface area contributed by atoms with Gasteiger partial charge in [0.1, 0.15) is 0 Å². The van der Waals surface area contributed by atoms with Crippen LogP contribution in [0.4, 0.5) is 0 Å². The van der Waals surface area contributed by atoms with Crippen LogP contribution in [0.1, 0.15) is 27.2 Å². The molecular formula is C7H13NO3. The molecule has 0 amide bonds. The average Bonchev–Trinajstić information content (AvgIpc) is 1.88. The lowest BCUT2D eigenvalue weighted by molar-refractivity contribution is -0.508. The van der Waals surface area contributed by atoms with Crippen molar-refractivity contribution in [2.45, 2.75) is 33.2 Å². The first-order valence-corrected chi connectivity index (χ1v) is 3.67. The number of hydrogen-bond donors (Lipinski definition) is 0. The van der Waals surface area contributed by atoms with Crippen molar-refractivity contribution in [2.75, 3.05) is 0 Å². The smallest absolute Gasteiger partial charge is 0.270 e. The van der Waals surface area contributed by atoms with Crippen molar-refractivity contribution in [3.05, 3.63) is 10.1 Å². The van der Waals surface area contributed by atoms with Gasteiger partial charge in [0.05, 0.1) is 0 Å². The quantitative estimate of drug-likeness (QED) is 0.458. The van der Waals surface area contributed by atoms with Crippen LogP contribution < -0.4 is 0 Å². The van der Waals surface area contributed by atoms with Gasteiger partial charge in [-0.3, -0.25) is 14.9 Å². The van der Waals surface area contributed by atoms with Gasteiger partial charge in [-0.15, -0.1) is 0 Å². The summed E-state index contributed by atoms with van der Waals surface area (Å²) in [4.78, 5) is 20.8. The van der Waals surface area contributed by atoms with Crippen LogP contribution in [0.25, 0.3) is 0 Å². The maximum absolute atomic E-state index is 11.1. The number of ketones is 1. The van der Waals surface area contributed by atoms with Crippen molar-refractivity contribution in [3.63, 3.8) is 0 Å². The van der Waals surface area contributed by atoms with E-state index in [2.05, 4.69) is 0 Å². The Bertz CT molecular complexity index is 165. The van der Waals surface area contributed by atoms with Crippen LogP contribution in [0.2, 0.25) is 0 Å². The molecule has 0 aromatic heterocycles. The molecule has 0 aromatic rings. The molecule has 0 aliphatic rings. The van der Waals surface area contributed by atoms with Gasteiger partial charge in [-0.1, -0.05) is 20.8 Å². The number of carbonyl (C=O) groups excluding carboxylic acids is 1. The molecule has 11 heavy (non-hydrogen) atoms. The van der Waals surface area contributed by atoms with Crippen LogP contribution >= 0.6 is 0 Å². The summed E-state index contributed by atoms with van der Waals surface area (Å²) in [6.45, 7) is 5.00. The topological polar surface area (TPSA) is 60.2 Å². The number of rotatable bonds is 4. The molecule has 0 heterocycles. The zero-order chi connectivity index (χ0) is 9.02. The second-order valence-electron chi connectivity index (χ2n) is 2.77. The Morgan fingerprint density at radius 2 is 2.00 bits per heavy atom. The van der Waals surface area contributed by atoms with Crippen LogP contribution in [0.5, 0.6) is 0 Å². The highest BCUT2D eigenvalue weighted by atomic mass is 16.6. The van der Waals surface area contributed by atoms with Gasteiger partial charge in [-0.05, 0) is 0 Å². The molecule has 0 saturated carbocycles. The monoisotopic (exact) mass is 159 g/mol. The van der Waals surface area contributed by atoms with Crippen LogP contribution in [-0.2, 0) is 4.79 Å². The van der Waals surface area contributed by atoms with Gasteiger partial charge in [0.25, 0.3) is 6.04 Å². The highest BCUT2D eigenvalue weighted by Crippen LogP contribution is 2.05. The zero-order valence-corrected chi connectivity index (χ0v) is 7.03. The van der Waals surface area contributed by atoms with Crippen molar-refractivity contribution in [1.82, 2.24) is 0 Å². The number of hydrogen-bond acceptors (Lipinski definition) is 3. The summed E-state index contributed by atoms with van der Waals surface area (Å²) >= 11 is 0. The van der Waals surface area contributed by atoms with Gasteiger partial charge in [0.15, 0.2) is 0 Å². The van der Waals surface area contributed by atoms with E-state index in [1.165, 1.54) is 0 Å². The van der Waals surface area contributed by atoms with Crippen molar-refractivity contribution < 1.29 is 9.72 Å². The Labute approximate surface area is 65.7 Å². The third-order valence-electron chi connectivity index (χ3n) is 1.54. The summed E-state index contributed by atoms with van der Waals surface area (Å²) in [5, 5.41) is 10.3. The largest absolute Gasteiger partial charge is 0.292 e. The van der Waals surface area contributed by atoms with E-state index in [4.69, 9.17) is 0 Å². The van der Waals surface area contributed by atoms with Crippen LogP contribution in [0, 0.1) is 16.0 Å². The first kappa shape index (κ1) is 10.1. The molecule has 0 aromatic carbocycles. The normalized spacial score (nSPS) is 13.1. The summed E-state index contributed by atoms with van der Waals surface area (Å²) in [5.74, 6) is -0.525. The lowest BCUT2D eigenvalue weighted by Crippen LogP contribution is -2.31. The van der Waals surface area contributed by atoms with Crippen molar-refractivity contribution in [1.29, 1.82) is 0 Å². The van der Waals surface area contributed by atoms with E-state index < -0.39 is 11.0 Å². The van der Waals surface area contributed by atoms with E-state index in [0.717, 1.165) is 0 Å². The summed E-state index contributed by atoms with van der Waals surface area (Å²) in [6.07, 6.45) is 0.282. The fourth-order valence-corrected chi connectivity index (χ4v) is 0.839. The summed E-state index contributed by atoms with van der Waals surface area (Å²) in [5.41, 5.74) is 0. The minimum atomic E-state index is -1.00. The summed E-state index contributed by atoms with van der Waals surface area (Å²) in [6, 6.07) is -1.00. The van der Waals surface area contributed by atoms with E-state index in [0.29, 0.717) is 0 Å². The summed E-state index contributed by atoms with van der Waals surface area (Å²) in [7, 11) is 0. The fraction of sp³-hybridized carbons (Fsp3) is 0.857. The van der Waals surface area contributed by atoms with Crippen LogP contribution in [0.15, 0.2) is 0 Å². The Balaban J connectivity index is 4.27. The molecule has 0 fully saturated rings. The first-order valence-electron chi connectivity index (χ1n) is 3.67. The lowest BCUT2D eigenvalue weighted by atomic mass is 10.0. The van der Waals surface area contributed by atoms with Gasteiger partial charge < -0.3 is 0 Å². The molecule has 1 atom stereocenters. The molecule has 0 aliphatic carbocycles. The van der Waals surface area contributed by atoms with Crippen molar-refractivity contribution >= 4 is 5.78 Å². The van der Waals surface area contributed by atoms with Crippen LogP contribution in [0.3, 0.4) is 0 Å². The predicted molar refractivity (Wildman–Crippen MR) is 40.9 cm³/mol. The second-order valence-corrected chi connectivity index (χ2v) is 2.77. The molecule has 0 bridgehead atoms. The molecule has 0 spiro atoms. The molecule has 0 radical (unpaired) electrons. The molecule has 0 N–H and O–H groups in total. The molecule has 0 rings (SSSR count). The highest BCUT2D eigenvalue weighted by Gasteiger charge is 2.28. The van der Waals surface area contributed by atoms with Gasteiger partial charge in [-0.2, -0.15) is 0 Å². The van der Waals surface area contributed by atoms with Gasteiger partial charge >= 0.3 is 0 Å². The van der Waals surface area contributed by atoms with E-state index in [1.807, 2.05) is 0 Å². The fourth-order valence-electron chi connectivity index (χ4n) is 0.839. The standard InChI is InChI=1S/C7H13NO3/c1-4-6(8(10)11)7(9)5(2)3/h5-6H,4H2,1-3H3. The van der Waals surface area contributed by atoms with E-state index in [9.17, 15) is 14.9 Å². The van der Waals surface area contributed by atoms with Crippen molar-refractivity contribution in [3.8, 4) is 0 Å². The third kappa shape index (κ3) is 2.65. The van der Waals surface area contributed by atoms with E-state index in [1.54, 1.807) is 20.8 Å². The van der Waals surface area contributed by atoms with Gasteiger partial charge in [0.2, 0.25) is 5.78 Å². The van der Waals surface area contributed by atoms with Crippen LogP contribution in [-0.4, -0.2) is 16.7 Å². The Morgan fingerprint density at radius 3 is 2.09 bits per heavy atom. The number of Topliss-reactive ketones (excluding diaryl/α,β-unsaturated/α-hetero) is 1. The Hall–Kier alpha value is -0.930. The molecular weight excluding hydrogens is 146 g/mol. The lowest BCUT2D eigenvalue weighted by Gasteiger charge is -2.07. The number of nitro groups is 1. The number of nitrogens with zero attached hydrogens (tertiary/aromatic N) is 1. The van der Waals surface area contributed by atoms with Gasteiger partial charge in [-0.25, -0.2) is 0 Å². The van der Waals surface area contributed by atoms with E-state index >= 15 is 0 Å². The molecule has 64 valence electrons.